The number of carbonyl (C=O) groups excluding carboxylic acids is 1. The van der Waals surface area contributed by atoms with Crippen LogP contribution in [0.2, 0.25) is 5.02 Å². The van der Waals surface area contributed by atoms with Crippen molar-refractivity contribution in [1.29, 1.82) is 0 Å². The fraction of sp³-hybridized carbons (Fsp3) is 0.417. The molecule has 0 aliphatic heterocycles. The lowest BCUT2D eigenvalue weighted by Gasteiger charge is -2.03. The van der Waals surface area contributed by atoms with Gasteiger partial charge in [-0.1, -0.05) is 23.7 Å². The zero-order valence-electron chi connectivity index (χ0n) is 8.50. The van der Waals surface area contributed by atoms with E-state index in [2.05, 4.69) is 5.32 Å². The molecule has 1 N–H and O–H groups in total. The molecule has 1 fully saturated rings. The van der Waals surface area contributed by atoms with Gasteiger partial charge in [0.05, 0.1) is 0 Å². The predicted octanol–water partition coefficient (Wildman–Crippen LogP) is 2.55. The van der Waals surface area contributed by atoms with E-state index in [9.17, 15) is 4.79 Å². The highest BCUT2D eigenvalue weighted by atomic mass is 35.5. The lowest BCUT2D eigenvalue weighted by atomic mass is 10.1. The summed E-state index contributed by atoms with van der Waals surface area (Å²) in [4.78, 5) is 11.4. The van der Waals surface area contributed by atoms with Gasteiger partial charge in [0.2, 0.25) is 5.91 Å². The molecule has 1 aromatic carbocycles. The molecule has 3 heteroatoms. The van der Waals surface area contributed by atoms with Gasteiger partial charge < -0.3 is 5.32 Å². The van der Waals surface area contributed by atoms with Gasteiger partial charge in [0.25, 0.3) is 0 Å². The van der Waals surface area contributed by atoms with E-state index in [4.69, 9.17) is 11.6 Å². The Kier molecular flexibility index (Phi) is 3.27. The average Bonchev–Trinajstić information content (AvgIpc) is 3.01. The molecule has 1 aromatic rings. The first-order chi connectivity index (χ1) is 7.24. The second-order valence-corrected chi connectivity index (χ2v) is 4.40. The van der Waals surface area contributed by atoms with E-state index in [0.29, 0.717) is 12.5 Å². The van der Waals surface area contributed by atoms with Crippen LogP contribution in [0.1, 0.15) is 24.8 Å². The smallest absolute Gasteiger partial charge is 0.220 e. The minimum absolute atomic E-state index is 0.160. The fourth-order valence-corrected chi connectivity index (χ4v) is 1.56. The van der Waals surface area contributed by atoms with Crippen LogP contribution in [0.15, 0.2) is 24.3 Å². The first kappa shape index (κ1) is 10.5. The molecule has 0 radical (unpaired) electrons. The van der Waals surface area contributed by atoms with Crippen LogP contribution in [0.3, 0.4) is 0 Å². The van der Waals surface area contributed by atoms with Crippen LogP contribution in [0.5, 0.6) is 0 Å². The molecule has 1 saturated carbocycles. The fourth-order valence-electron chi connectivity index (χ4n) is 1.44. The molecule has 0 bridgehead atoms. The van der Waals surface area contributed by atoms with Gasteiger partial charge in [-0.15, -0.1) is 0 Å². The van der Waals surface area contributed by atoms with Crippen LogP contribution in [0.25, 0.3) is 0 Å². The monoisotopic (exact) mass is 223 g/mol. The van der Waals surface area contributed by atoms with Crippen LogP contribution in [-0.2, 0) is 11.2 Å². The highest BCUT2D eigenvalue weighted by Crippen LogP contribution is 2.19. The maximum Gasteiger partial charge on any atom is 0.220 e. The summed E-state index contributed by atoms with van der Waals surface area (Å²) in [7, 11) is 0. The zero-order valence-corrected chi connectivity index (χ0v) is 9.26. The molecular formula is C12H14ClNO. The number of amides is 1. The topological polar surface area (TPSA) is 29.1 Å². The van der Waals surface area contributed by atoms with Crippen molar-refractivity contribution in [2.24, 2.45) is 0 Å². The molecule has 0 atom stereocenters. The molecule has 2 nitrogen and oxygen atoms in total. The average molecular weight is 224 g/mol. The molecule has 0 spiro atoms. The summed E-state index contributed by atoms with van der Waals surface area (Å²) < 4.78 is 0. The molecule has 1 aliphatic rings. The number of aryl methyl sites for hydroxylation is 1. The maximum atomic E-state index is 11.4. The highest BCUT2D eigenvalue weighted by Gasteiger charge is 2.22. The van der Waals surface area contributed by atoms with Crippen molar-refractivity contribution in [3.05, 3.63) is 34.9 Å². The van der Waals surface area contributed by atoms with Crippen LogP contribution < -0.4 is 5.32 Å². The molecule has 0 saturated heterocycles. The standard InChI is InChI=1S/C12H14ClNO/c13-10-4-1-9(2-5-10)3-8-12(15)14-11-6-7-11/h1-2,4-5,11H,3,6-8H2,(H,14,15). The van der Waals surface area contributed by atoms with E-state index in [-0.39, 0.29) is 5.91 Å². The van der Waals surface area contributed by atoms with Gasteiger partial charge >= 0.3 is 0 Å². The number of rotatable bonds is 4. The number of hydrogen-bond donors (Lipinski definition) is 1. The van der Waals surface area contributed by atoms with E-state index in [1.807, 2.05) is 24.3 Å². The van der Waals surface area contributed by atoms with Gasteiger partial charge in [-0.3, -0.25) is 4.79 Å². The van der Waals surface area contributed by atoms with Crippen LogP contribution >= 0.6 is 11.6 Å². The summed E-state index contributed by atoms with van der Waals surface area (Å²) in [5, 5.41) is 3.71. The van der Waals surface area contributed by atoms with Gasteiger partial charge in [0, 0.05) is 17.5 Å². The minimum Gasteiger partial charge on any atom is -0.353 e. The number of hydrogen-bond acceptors (Lipinski definition) is 1. The third-order valence-electron chi connectivity index (χ3n) is 2.50. The molecule has 2 rings (SSSR count). The summed E-state index contributed by atoms with van der Waals surface area (Å²) in [6.07, 6.45) is 3.65. The van der Waals surface area contributed by atoms with Crippen LogP contribution in [-0.4, -0.2) is 11.9 Å². The largest absolute Gasteiger partial charge is 0.353 e. The van der Waals surface area contributed by atoms with E-state index < -0.39 is 0 Å². The summed E-state index contributed by atoms with van der Waals surface area (Å²) in [5.74, 6) is 0.160. The molecule has 0 aromatic heterocycles. The van der Waals surface area contributed by atoms with Crippen molar-refractivity contribution in [2.45, 2.75) is 31.7 Å². The molecular weight excluding hydrogens is 210 g/mol. The second kappa shape index (κ2) is 4.67. The normalized spacial score (nSPS) is 15.0. The van der Waals surface area contributed by atoms with E-state index in [0.717, 1.165) is 29.8 Å². The minimum atomic E-state index is 0.160. The van der Waals surface area contributed by atoms with Crippen molar-refractivity contribution in [2.75, 3.05) is 0 Å². The molecule has 80 valence electrons. The molecule has 15 heavy (non-hydrogen) atoms. The first-order valence-electron chi connectivity index (χ1n) is 5.28. The van der Waals surface area contributed by atoms with Gasteiger partial charge in [0.1, 0.15) is 0 Å². The number of halogens is 1. The van der Waals surface area contributed by atoms with Crippen molar-refractivity contribution in [3.63, 3.8) is 0 Å². The Labute approximate surface area is 94.6 Å². The summed E-state index contributed by atoms with van der Waals surface area (Å²) >= 11 is 5.77. The number of benzene rings is 1. The van der Waals surface area contributed by atoms with Gasteiger partial charge in [-0.25, -0.2) is 0 Å². The highest BCUT2D eigenvalue weighted by molar-refractivity contribution is 6.30. The van der Waals surface area contributed by atoms with E-state index in [1.54, 1.807) is 0 Å². The summed E-state index contributed by atoms with van der Waals surface area (Å²) in [5.41, 5.74) is 1.16. The van der Waals surface area contributed by atoms with Crippen LogP contribution in [0.4, 0.5) is 0 Å². The van der Waals surface area contributed by atoms with Crippen molar-refractivity contribution in [1.82, 2.24) is 5.32 Å². The zero-order chi connectivity index (χ0) is 10.7. The first-order valence-corrected chi connectivity index (χ1v) is 5.65. The molecule has 0 unspecified atom stereocenters. The Morgan fingerprint density at radius 2 is 2.00 bits per heavy atom. The SMILES string of the molecule is O=C(CCc1ccc(Cl)cc1)NC1CC1. The second-order valence-electron chi connectivity index (χ2n) is 3.97. The lowest BCUT2D eigenvalue weighted by Crippen LogP contribution is -2.25. The molecule has 0 heterocycles. The lowest BCUT2D eigenvalue weighted by molar-refractivity contribution is -0.121. The molecule has 1 aliphatic carbocycles. The Morgan fingerprint density at radius 3 is 2.60 bits per heavy atom. The Morgan fingerprint density at radius 1 is 1.33 bits per heavy atom. The number of nitrogens with one attached hydrogen (secondary N) is 1. The van der Waals surface area contributed by atoms with E-state index >= 15 is 0 Å². The molecule has 1 amide bonds. The van der Waals surface area contributed by atoms with Gasteiger partial charge in [0.15, 0.2) is 0 Å². The maximum absolute atomic E-state index is 11.4. The third-order valence-corrected chi connectivity index (χ3v) is 2.75. The number of carbonyl (C=O) groups is 1. The Bertz CT molecular complexity index is 343. The van der Waals surface area contributed by atoms with Crippen molar-refractivity contribution >= 4 is 17.5 Å². The third kappa shape index (κ3) is 3.56. The van der Waals surface area contributed by atoms with Crippen molar-refractivity contribution in [3.8, 4) is 0 Å². The quantitative estimate of drug-likeness (QED) is 0.835. The predicted molar refractivity (Wildman–Crippen MR) is 60.9 cm³/mol. The van der Waals surface area contributed by atoms with Gasteiger partial charge in [-0.05, 0) is 37.0 Å². The van der Waals surface area contributed by atoms with Gasteiger partial charge in [-0.2, -0.15) is 0 Å². The Balaban J connectivity index is 1.76. The Hall–Kier alpha value is -1.02. The van der Waals surface area contributed by atoms with E-state index in [1.165, 1.54) is 0 Å². The van der Waals surface area contributed by atoms with Crippen molar-refractivity contribution < 1.29 is 4.79 Å². The summed E-state index contributed by atoms with van der Waals surface area (Å²) in [6.45, 7) is 0. The summed E-state index contributed by atoms with van der Waals surface area (Å²) in [6, 6.07) is 8.10. The van der Waals surface area contributed by atoms with Crippen LogP contribution in [0, 0.1) is 0 Å².